The van der Waals surface area contributed by atoms with Gasteiger partial charge < -0.3 is 14.6 Å². The molecule has 0 bridgehead atoms. The van der Waals surface area contributed by atoms with Crippen LogP contribution in [-0.4, -0.2) is 26.2 Å². The van der Waals surface area contributed by atoms with Gasteiger partial charge in [-0.05, 0) is 15.9 Å². The third-order valence-corrected chi connectivity index (χ3v) is 5.15. The molecule has 0 unspecified atom stereocenters. The van der Waals surface area contributed by atoms with Crippen LogP contribution in [0.4, 0.5) is 5.88 Å². The second kappa shape index (κ2) is 4.68. The molecule has 3 rings (SSSR count). The summed E-state index contributed by atoms with van der Waals surface area (Å²) in [4.78, 5) is 2.23. The van der Waals surface area contributed by atoms with E-state index >= 15 is 0 Å². The van der Waals surface area contributed by atoms with Crippen LogP contribution < -0.4 is 10.2 Å². The number of thiophene rings is 1. The number of anilines is 1. The third kappa shape index (κ3) is 2.14. The Morgan fingerprint density at radius 2 is 2.18 bits per heavy atom. The summed E-state index contributed by atoms with van der Waals surface area (Å²) in [6, 6.07) is 1.96. The molecule has 1 N–H and O–H groups in total. The molecule has 0 radical (unpaired) electrons. The van der Waals surface area contributed by atoms with Gasteiger partial charge in [-0.2, -0.15) is 0 Å². The smallest absolute Gasteiger partial charge is 0.197 e. The van der Waals surface area contributed by atoms with Crippen LogP contribution in [-0.2, 0) is 0 Å². The molecule has 0 saturated carbocycles. The Morgan fingerprint density at radius 1 is 1.41 bits per heavy atom. The first-order valence-electron chi connectivity index (χ1n) is 5.42. The van der Waals surface area contributed by atoms with Crippen LogP contribution in [0.3, 0.4) is 0 Å². The summed E-state index contributed by atoms with van der Waals surface area (Å²) in [7, 11) is 0. The lowest BCUT2D eigenvalue weighted by molar-refractivity contribution is 0.521. The van der Waals surface area contributed by atoms with E-state index in [1.54, 1.807) is 11.3 Å². The highest BCUT2D eigenvalue weighted by atomic mass is 79.9. The molecule has 1 aliphatic heterocycles. The molecule has 0 aliphatic carbocycles. The Morgan fingerprint density at radius 3 is 2.94 bits per heavy atom. The van der Waals surface area contributed by atoms with Gasteiger partial charge in [0, 0.05) is 37.6 Å². The fourth-order valence-corrected chi connectivity index (χ4v) is 3.73. The van der Waals surface area contributed by atoms with Crippen molar-refractivity contribution in [3.8, 4) is 0 Å². The summed E-state index contributed by atoms with van der Waals surface area (Å²) in [5.41, 5.74) is 0.871. The maximum atomic E-state index is 5.95. The molecule has 6 heteroatoms. The molecule has 90 valence electrons. The summed E-state index contributed by atoms with van der Waals surface area (Å²) >= 11 is 10.5. The topological polar surface area (TPSA) is 28.4 Å². The van der Waals surface area contributed by atoms with Crippen molar-refractivity contribution in [2.75, 3.05) is 31.1 Å². The van der Waals surface area contributed by atoms with Crippen LogP contribution in [0.25, 0.3) is 10.3 Å². The van der Waals surface area contributed by atoms with E-state index in [2.05, 4.69) is 26.1 Å². The summed E-state index contributed by atoms with van der Waals surface area (Å²) in [5, 5.41) is 5.35. The molecule has 1 fully saturated rings. The first-order chi connectivity index (χ1) is 8.25. The highest BCUT2D eigenvalue weighted by Crippen LogP contribution is 2.34. The molecule has 0 atom stereocenters. The summed E-state index contributed by atoms with van der Waals surface area (Å²) in [6.45, 7) is 3.91. The van der Waals surface area contributed by atoms with E-state index in [-0.39, 0.29) is 0 Å². The number of rotatable bonds is 1. The summed E-state index contributed by atoms with van der Waals surface area (Å²) in [5.74, 6) is 0.878. The van der Waals surface area contributed by atoms with E-state index in [0.717, 1.165) is 51.3 Å². The molecule has 1 saturated heterocycles. The van der Waals surface area contributed by atoms with Crippen molar-refractivity contribution < 1.29 is 4.42 Å². The van der Waals surface area contributed by atoms with E-state index < -0.39 is 0 Å². The molecule has 2 aromatic heterocycles. The highest BCUT2D eigenvalue weighted by Gasteiger charge is 2.15. The second-order valence-corrected chi connectivity index (χ2v) is 6.10. The van der Waals surface area contributed by atoms with Gasteiger partial charge in [0.2, 0.25) is 0 Å². The zero-order valence-electron chi connectivity index (χ0n) is 9.03. The van der Waals surface area contributed by atoms with E-state index in [4.69, 9.17) is 16.6 Å². The van der Waals surface area contributed by atoms with Gasteiger partial charge in [-0.15, -0.1) is 11.3 Å². The average molecular weight is 331 g/mol. The molecule has 3 nitrogen and oxygen atoms in total. The van der Waals surface area contributed by atoms with Gasteiger partial charge in [0.05, 0.1) is 13.7 Å². The maximum Gasteiger partial charge on any atom is 0.197 e. The average Bonchev–Trinajstić information content (AvgIpc) is 2.73. The SMILES string of the molecule is S=c1cc(N2CCNCC2)oc2c(Br)csc12. The van der Waals surface area contributed by atoms with Crippen LogP contribution in [0.5, 0.6) is 0 Å². The van der Waals surface area contributed by atoms with Crippen LogP contribution >= 0.6 is 39.5 Å². The van der Waals surface area contributed by atoms with Gasteiger partial charge >= 0.3 is 0 Å². The fraction of sp³-hybridized carbons (Fsp3) is 0.364. The lowest BCUT2D eigenvalue weighted by Crippen LogP contribution is -2.43. The molecule has 2 aromatic rings. The Kier molecular flexibility index (Phi) is 3.21. The van der Waals surface area contributed by atoms with Gasteiger partial charge in [-0.25, -0.2) is 0 Å². The lowest BCUT2D eigenvalue weighted by atomic mass is 10.3. The molecule has 0 spiro atoms. The number of nitrogens with zero attached hydrogens (tertiary/aromatic N) is 1. The van der Waals surface area contributed by atoms with Crippen LogP contribution in [0.1, 0.15) is 0 Å². The van der Waals surface area contributed by atoms with Crippen molar-refractivity contribution in [2.45, 2.75) is 0 Å². The number of hydrogen-bond donors (Lipinski definition) is 1. The largest absolute Gasteiger partial charge is 0.438 e. The quantitative estimate of drug-likeness (QED) is 0.811. The minimum atomic E-state index is 0.871. The van der Waals surface area contributed by atoms with E-state index in [9.17, 15) is 0 Å². The van der Waals surface area contributed by atoms with Crippen LogP contribution in [0.15, 0.2) is 20.3 Å². The van der Waals surface area contributed by atoms with Crippen molar-refractivity contribution >= 4 is 55.7 Å². The van der Waals surface area contributed by atoms with Gasteiger partial charge in [-0.3, -0.25) is 0 Å². The lowest BCUT2D eigenvalue weighted by Gasteiger charge is -2.27. The number of nitrogens with one attached hydrogen (secondary N) is 1. The van der Waals surface area contributed by atoms with Crippen molar-refractivity contribution in [1.29, 1.82) is 0 Å². The number of hydrogen-bond acceptors (Lipinski definition) is 5. The van der Waals surface area contributed by atoms with Crippen LogP contribution in [0, 0.1) is 4.51 Å². The fourth-order valence-electron chi connectivity index (χ4n) is 1.94. The van der Waals surface area contributed by atoms with Crippen molar-refractivity contribution in [3.05, 3.63) is 20.4 Å². The molecule has 17 heavy (non-hydrogen) atoms. The zero-order valence-corrected chi connectivity index (χ0v) is 12.3. The molecule has 0 aromatic carbocycles. The van der Waals surface area contributed by atoms with Gasteiger partial charge in [0.25, 0.3) is 0 Å². The minimum absolute atomic E-state index is 0.871. The first-order valence-corrected chi connectivity index (χ1v) is 7.50. The molecule has 1 aliphatic rings. The van der Waals surface area contributed by atoms with Gasteiger partial charge in [0.1, 0.15) is 0 Å². The van der Waals surface area contributed by atoms with Crippen molar-refractivity contribution in [3.63, 3.8) is 0 Å². The normalized spacial score (nSPS) is 16.6. The number of fused-ring (bicyclic) bond motifs is 1. The third-order valence-electron chi connectivity index (χ3n) is 2.82. The zero-order chi connectivity index (χ0) is 11.8. The number of piperazine rings is 1. The Hall–Kier alpha value is -0.430. The molecule has 0 amide bonds. The maximum absolute atomic E-state index is 5.95. The van der Waals surface area contributed by atoms with E-state index in [1.807, 2.05) is 11.4 Å². The monoisotopic (exact) mass is 330 g/mol. The number of halogens is 1. The van der Waals surface area contributed by atoms with Crippen molar-refractivity contribution in [2.24, 2.45) is 0 Å². The Bertz CT molecular complexity index is 601. The minimum Gasteiger partial charge on any atom is -0.438 e. The molecule has 3 heterocycles. The summed E-state index contributed by atoms with van der Waals surface area (Å²) in [6.07, 6.45) is 0. The first kappa shape index (κ1) is 11.6. The van der Waals surface area contributed by atoms with Gasteiger partial charge in [-0.1, -0.05) is 12.2 Å². The summed E-state index contributed by atoms with van der Waals surface area (Å²) < 4.78 is 8.85. The Labute approximate surface area is 117 Å². The Balaban J connectivity index is 2.10. The molecular weight excluding hydrogens is 320 g/mol. The predicted molar refractivity (Wildman–Crippen MR) is 77.7 cm³/mol. The van der Waals surface area contributed by atoms with Gasteiger partial charge in [0.15, 0.2) is 11.5 Å². The highest BCUT2D eigenvalue weighted by molar-refractivity contribution is 9.10. The van der Waals surface area contributed by atoms with E-state index in [1.165, 1.54) is 0 Å². The molecular formula is C11H11BrN2OS2. The predicted octanol–water partition coefficient (Wildman–Crippen LogP) is 3.40. The van der Waals surface area contributed by atoms with Crippen LogP contribution in [0.2, 0.25) is 0 Å². The van der Waals surface area contributed by atoms with Crippen molar-refractivity contribution in [1.82, 2.24) is 5.32 Å². The standard InChI is InChI=1S/C11H11BrN2OS2/c12-7-6-17-11-8(16)5-9(15-10(7)11)14-3-1-13-2-4-14/h5-6,13H,1-4H2. The van der Waals surface area contributed by atoms with E-state index in [0.29, 0.717) is 0 Å². The second-order valence-electron chi connectivity index (χ2n) is 3.93.